The highest BCUT2D eigenvalue weighted by Crippen LogP contribution is 2.20. The summed E-state index contributed by atoms with van der Waals surface area (Å²) in [7, 11) is 0. The molecule has 0 unspecified atom stereocenters. The minimum absolute atomic E-state index is 0.0760. The molecule has 1 amide bonds. The van der Waals surface area contributed by atoms with E-state index in [9.17, 15) is 4.79 Å². The number of amides is 1. The molecule has 2 aromatic heterocycles. The standard InChI is InChI=1S/C21H22N2OS/c1-15-3-4-17(11-16(15)2)5-6-21(24)23-13-18-7-9-22-20(12-18)19-8-10-25-14-19/h3-4,7-12,14H,5-6,13H2,1-2H3,(H,23,24). The number of benzene rings is 1. The van der Waals surface area contributed by atoms with Gasteiger partial charge in [0.1, 0.15) is 0 Å². The van der Waals surface area contributed by atoms with Gasteiger partial charge in [-0.2, -0.15) is 11.3 Å². The van der Waals surface area contributed by atoms with Crippen molar-refractivity contribution in [3.63, 3.8) is 0 Å². The van der Waals surface area contributed by atoms with Gasteiger partial charge in [-0.15, -0.1) is 0 Å². The van der Waals surface area contributed by atoms with Gasteiger partial charge in [-0.1, -0.05) is 18.2 Å². The van der Waals surface area contributed by atoms with Crippen LogP contribution < -0.4 is 5.32 Å². The first-order chi connectivity index (χ1) is 12.1. The molecule has 2 heterocycles. The van der Waals surface area contributed by atoms with Gasteiger partial charge in [0, 0.05) is 30.1 Å². The van der Waals surface area contributed by atoms with Gasteiger partial charge in [-0.05, 0) is 66.1 Å². The van der Waals surface area contributed by atoms with E-state index >= 15 is 0 Å². The number of thiophene rings is 1. The maximum atomic E-state index is 12.1. The van der Waals surface area contributed by atoms with Crippen LogP contribution >= 0.6 is 11.3 Å². The maximum Gasteiger partial charge on any atom is 0.220 e. The van der Waals surface area contributed by atoms with Gasteiger partial charge < -0.3 is 5.32 Å². The van der Waals surface area contributed by atoms with Crippen molar-refractivity contribution in [3.05, 3.63) is 75.6 Å². The largest absolute Gasteiger partial charge is 0.352 e. The lowest BCUT2D eigenvalue weighted by molar-refractivity contribution is -0.121. The summed E-state index contributed by atoms with van der Waals surface area (Å²) < 4.78 is 0. The minimum atomic E-state index is 0.0760. The number of hydrogen-bond donors (Lipinski definition) is 1. The Morgan fingerprint density at radius 3 is 2.72 bits per heavy atom. The molecule has 0 aliphatic heterocycles. The Kier molecular flexibility index (Phi) is 5.61. The Labute approximate surface area is 152 Å². The number of carbonyl (C=O) groups excluding carboxylic acids is 1. The lowest BCUT2D eigenvalue weighted by Gasteiger charge is -2.08. The van der Waals surface area contributed by atoms with Crippen LogP contribution in [0.25, 0.3) is 11.3 Å². The minimum Gasteiger partial charge on any atom is -0.352 e. The molecule has 0 fully saturated rings. The quantitative estimate of drug-likeness (QED) is 0.701. The van der Waals surface area contributed by atoms with Crippen molar-refractivity contribution in [3.8, 4) is 11.3 Å². The molecule has 0 bridgehead atoms. The summed E-state index contributed by atoms with van der Waals surface area (Å²) in [5, 5.41) is 7.12. The lowest BCUT2D eigenvalue weighted by Crippen LogP contribution is -2.23. The molecule has 25 heavy (non-hydrogen) atoms. The van der Waals surface area contributed by atoms with E-state index in [0.29, 0.717) is 13.0 Å². The van der Waals surface area contributed by atoms with Crippen LogP contribution in [0.15, 0.2) is 53.4 Å². The Balaban J connectivity index is 1.52. The molecule has 0 aliphatic rings. The zero-order valence-corrected chi connectivity index (χ0v) is 15.4. The topological polar surface area (TPSA) is 42.0 Å². The van der Waals surface area contributed by atoms with Crippen molar-refractivity contribution in [1.82, 2.24) is 10.3 Å². The molecule has 0 aliphatic carbocycles. The van der Waals surface area contributed by atoms with Crippen LogP contribution in [0.1, 0.15) is 28.7 Å². The highest BCUT2D eigenvalue weighted by molar-refractivity contribution is 7.08. The van der Waals surface area contributed by atoms with E-state index in [1.54, 1.807) is 17.5 Å². The van der Waals surface area contributed by atoms with E-state index in [0.717, 1.165) is 23.2 Å². The van der Waals surface area contributed by atoms with Crippen LogP contribution in [0.5, 0.6) is 0 Å². The molecule has 4 heteroatoms. The zero-order valence-electron chi connectivity index (χ0n) is 14.6. The second-order valence-corrected chi connectivity index (χ2v) is 7.04. The number of aryl methyl sites for hydroxylation is 3. The predicted octanol–water partition coefficient (Wildman–Crippen LogP) is 4.68. The summed E-state index contributed by atoms with van der Waals surface area (Å²) >= 11 is 1.66. The molecular weight excluding hydrogens is 328 g/mol. The summed E-state index contributed by atoms with van der Waals surface area (Å²) in [5.41, 5.74) is 6.90. The number of aromatic nitrogens is 1. The first kappa shape index (κ1) is 17.4. The summed E-state index contributed by atoms with van der Waals surface area (Å²) in [4.78, 5) is 16.5. The Hall–Kier alpha value is -2.46. The molecule has 1 aromatic carbocycles. The normalized spacial score (nSPS) is 10.6. The van der Waals surface area contributed by atoms with Crippen molar-refractivity contribution in [1.29, 1.82) is 0 Å². The second kappa shape index (κ2) is 8.08. The van der Waals surface area contributed by atoms with E-state index in [4.69, 9.17) is 0 Å². The Bertz CT molecular complexity index is 856. The maximum absolute atomic E-state index is 12.1. The number of pyridine rings is 1. The number of rotatable bonds is 6. The molecule has 1 N–H and O–H groups in total. The lowest BCUT2D eigenvalue weighted by atomic mass is 10.0. The van der Waals surface area contributed by atoms with Gasteiger partial charge in [-0.25, -0.2) is 0 Å². The third-order valence-corrected chi connectivity index (χ3v) is 5.03. The molecule has 0 spiro atoms. The van der Waals surface area contributed by atoms with E-state index in [2.05, 4.69) is 53.8 Å². The van der Waals surface area contributed by atoms with E-state index in [-0.39, 0.29) is 5.91 Å². The Morgan fingerprint density at radius 2 is 1.96 bits per heavy atom. The molecule has 0 saturated carbocycles. The molecular formula is C21H22N2OS. The third kappa shape index (κ3) is 4.77. The van der Waals surface area contributed by atoms with Crippen molar-refractivity contribution >= 4 is 17.2 Å². The summed E-state index contributed by atoms with van der Waals surface area (Å²) in [6, 6.07) is 12.4. The van der Waals surface area contributed by atoms with Crippen LogP contribution in [0.4, 0.5) is 0 Å². The predicted molar refractivity (Wildman–Crippen MR) is 104 cm³/mol. The number of carbonyl (C=O) groups is 1. The second-order valence-electron chi connectivity index (χ2n) is 6.26. The van der Waals surface area contributed by atoms with E-state index in [1.807, 2.05) is 17.5 Å². The number of nitrogens with one attached hydrogen (secondary N) is 1. The van der Waals surface area contributed by atoms with Crippen LogP contribution in [-0.4, -0.2) is 10.9 Å². The van der Waals surface area contributed by atoms with Gasteiger partial charge in [0.15, 0.2) is 0 Å². The summed E-state index contributed by atoms with van der Waals surface area (Å²) in [6.07, 6.45) is 3.07. The molecule has 3 rings (SSSR count). The summed E-state index contributed by atoms with van der Waals surface area (Å²) in [6.45, 7) is 4.74. The van der Waals surface area contributed by atoms with Crippen molar-refractivity contribution in [2.75, 3.05) is 0 Å². The zero-order chi connectivity index (χ0) is 17.6. The number of hydrogen-bond acceptors (Lipinski definition) is 3. The molecule has 0 radical (unpaired) electrons. The average Bonchev–Trinajstić information content (AvgIpc) is 3.16. The molecule has 3 nitrogen and oxygen atoms in total. The van der Waals surface area contributed by atoms with E-state index < -0.39 is 0 Å². The third-order valence-electron chi connectivity index (χ3n) is 4.34. The molecule has 3 aromatic rings. The van der Waals surface area contributed by atoms with Crippen LogP contribution in [0.3, 0.4) is 0 Å². The van der Waals surface area contributed by atoms with Crippen LogP contribution in [0.2, 0.25) is 0 Å². The van der Waals surface area contributed by atoms with Crippen molar-refractivity contribution in [2.45, 2.75) is 33.2 Å². The fourth-order valence-electron chi connectivity index (χ4n) is 2.66. The van der Waals surface area contributed by atoms with Crippen LogP contribution in [-0.2, 0) is 17.8 Å². The molecule has 0 saturated heterocycles. The van der Waals surface area contributed by atoms with E-state index in [1.165, 1.54) is 16.7 Å². The highest BCUT2D eigenvalue weighted by Gasteiger charge is 2.05. The highest BCUT2D eigenvalue weighted by atomic mass is 32.1. The van der Waals surface area contributed by atoms with Crippen molar-refractivity contribution in [2.24, 2.45) is 0 Å². The Morgan fingerprint density at radius 1 is 1.08 bits per heavy atom. The van der Waals surface area contributed by atoms with Gasteiger partial charge in [-0.3, -0.25) is 9.78 Å². The van der Waals surface area contributed by atoms with Gasteiger partial charge in [0.2, 0.25) is 5.91 Å². The monoisotopic (exact) mass is 350 g/mol. The van der Waals surface area contributed by atoms with Gasteiger partial charge in [0.25, 0.3) is 0 Å². The number of nitrogens with zero attached hydrogens (tertiary/aromatic N) is 1. The van der Waals surface area contributed by atoms with Crippen LogP contribution in [0, 0.1) is 13.8 Å². The first-order valence-electron chi connectivity index (χ1n) is 8.42. The SMILES string of the molecule is Cc1ccc(CCC(=O)NCc2ccnc(-c3ccsc3)c2)cc1C. The fourth-order valence-corrected chi connectivity index (χ4v) is 3.31. The van der Waals surface area contributed by atoms with Gasteiger partial charge in [0.05, 0.1) is 5.69 Å². The molecule has 0 atom stereocenters. The average molecular weight is 350 g/mol. The smallest absolute Gasteiger partial charge is 0.220 e. The summed E-state index contributed by atoms with van der Waals surface area (Å²) in [5.74, 6) is 0.0760. The fraction of sp³-hybridized carbons (Fsp3) is 0.238. The molecule has 128 valence electrons. The van der Waals surface area contributed by atoms with Gasteiger partial charge >= 0.3 is 0 Å². The van der Waals surface area contributed by atoms with Crippen molar-refractivity contribution < 1.29 is 4.79 Å². The first-order valence-corrected chi connectivity index (χ1v) is 9.36.